The van der Waals surface area contributed by atoms with E-state index >= 15 is 0 Å². The molecule has 100 valence electrons. The molecule has 2 atom stereocenters. The van der Waals surface area contributed by atoms with Gasteiger partial charge in [-0.1, -0.05) is 0 Å². The summed E-state index contributed by atoms with van der Waals surface area (Å²) in [5, 5.41) is 9.58. The minimum absolute atomic E-state index is 0.275. The van der Waals surface area contributed by atoms with Crippen LogP contribution in [0.15, 0.2) is 6.20 Å². The van der Waals surface area contributed by atoms with Crippen LogP contribution in [0.1, 0.15) is 43.3 Å². The van der Waals surface area contributed by atoms with Crippen LogP contribution in [0.25, 0.3) is 0 Å². The van der Waals surface area contributed by atoms with Crippen molar-refractivity contribution >= 4 is 9.84 Å². The van der Waals surface area contributed by atoms with E-state index in [9.17, 15) is 13.5 Å². The van der Waals surface area contributed by atoms with Crippen LogP contribution >= 0.6 is 0 Å². The van der Waals surface area contributed by atoms with E-state index < -0.39 is 15.9 Å². The molecule has 1 saturated heterocycles. The van der Waals surface area contributed by atoms with Crippen LogP contribution in [0, 0.1) is 0 Å². The van der Waals surface area contributed by atoms with Crippen molar-refractivity contribution in [2.24, 2.45) is 0 Å². The lowest BCUT2D eigenvalue weighted by molar-refractivity contribution is 0.138. The molecule has 0 radical (unpaired) electrons. The zero-order chi connectivity index (χ0) is 12.8. The number of nitrogens with zero attached hydrogens (tertiary/aromatic N) is 2. The highest BCUT2D eigenvalue weighted by atomic mass is 32.2. The van der Waals surface area contributed by atoms with E-state index in [1.165, 1.54) is 0 Å². The van der Waals surface area contributed by atoms with Gasteiger partial charge in [0.25, 0.3) is 0 Å². The van der Waals surface area contributed by atoms with Crippen molar-refractivity contribution < 1.29 is 13.5 Å². The number of aliphatic hydroxyl groups excluding tert-OH is 1. The first-order valence-corrected chi connectivity index (χ1v) is 8.23. The summed E-state index contributed by atoms with van der Waals surface area (Å²) in [6.07, 6.45) is 4.95. The fourth-order valence-corrected chi connectivity index (χ4v) is 4.83. The van der Waals surface area contributed by atoms with Crippen LogP contribution in [0.5, 0.6) is 0 Å². The Morgan fingerprint density at radius 2 is 2.22 bits per heavy atom. The van der Waals surface area contributed by atoms with Gasteiger partial charge in [0.15, 0.2) is 9.84 Å². The van der Waals surface area contributed by atoms with Gasteiger partial charge >= 0.3 is 0 Å². The maximum atomic E-state index is 11.8. The number of aliphatic hydroxyl groups is 1. The lowest BCUT2D eigenvalue weighted by Crippen LogP contribution is -2.23. The zero-order valence-electron chi connectivity index (χ0n) is 10.2. The Morgan fingerprint density at radius 1 is 1.39 bits per heavy atom. The molecule has 2 unspecified atom stereocenters. The first kappa shape index (κ1) is 12.2. The fourth-order valence-electron chi connectivity index (χ4n) is 3.00. The average molecular weight is 270 g/mol. The van der Waals surface area contributed by atoms with Crippen molar-refractivity contribution in [1.82, 2.24) is 9.55 Å². The van der Waals surface area contributed by atoms with Crippen molar-refractivity contribution in [2.45, 2.75) is 50.0 Å². The molecule has 1 fully saturated rings. The molecule has 1 N–H and O–H groups in total. The molecular formula is C12H18N2O3S. The van der Waals surface area contributed by atoms with Crippen LogP contribution in [0.3, 0.4) is 0 Å². The molecule has 2 aliphatic heterocycles. The summed E-state index contributed by atoms with van der Waals surface area (Å²) in [5.74, 6) is 1.13. The third-order valence-electron chi connectivity index (χ3n) is 4.04. The van der Waals surface area contributed by atoms with E-state index in [2.05, 4.69) is 4.98 Å². The molecule has 3 rings (SSSR count). The predicted molar refractivity (Wildman–Crippen MR) is 66.9 cm³/mol. The van der Waals surface area contributed by atoms with Gasteiger partial charge in [-0.25, -0.2) is 13.4 Å². The van der Waals surface area contributed by atoms with E-state index in [0.717, 1.165) is 43.7 Å². The second kappa shape index (κ2) is 4.35. The van der Waals surface area contributed by atoms with Crippen molar-refractivity contribution in [3.05, 3.63) is 17.7 Å². The Hall–Kier alpha value is -0.880. The summed E-state index contributed by atoms with van der Waals surface area (Å²) in [7, 11) is -2.92. The number of fused-ring (bicyclic) bond motifs is 1. The molecule has 2 aliphatic rings. The Labute approximate surface area is 107 Å². The average Bonchev–Trinajstić information content (AvgIpc) is 2.86. The molecule has 1 aromatic heterocycles. The summed E-state index contributed by atoms with van der Waals surface area (Å²) < 4.78 is 25.7. The normalized spacial score (nSPS) is 30.3. The smallest absolute Gasteiger partial charge is 0.153 e. The van der Waals surface area contributed by atoms with Gasteiger partial charge in [-0.05, 0) is 25.7 Å². The van der Waals surface area contributed by atoms with Crippen LogP contribution in [0.2, 0.25) is 0 Å². The van der Waals surface area contributed by atoms with Crippen molar-refractivity contribution in [3.63, 3.8) is 0 Å². The quantitative estimate of drug-likeness (QED) is 0.864. The lowest BCUT2D eigenvalue weighted by atomic mass is 10.1. The van der Waals surface area contributed by atoms with E-state index in [0.29, 0.717) is 12.2 Å². The Balaban J connectivity index is 1.86. The molecule has 6 heteroatoms. The van der Waals surface area contributed by atoms with E-state index in [1.54, 1.807) is 6.20 Å². The largest absolute Gasteiger partial charge is 0.387 e. The van der Waals surface area contributed by atoms with Gasteiger partial charge in [0, 0.05) is 13.0 Å². The topological polar surface area (TPSA) is 72.2 Å². The van der Waals surface area contributed by atoms with Crippen molar-refractivity contribution in [3.8, 4) is 0 Å². The number of hydrogen-bond acceptors (Lipinski definition) is 4. The lowest BCUT2D eigenvalue weighted by Gasteiger charge is -2.21. The number of sulfone groups is 1. The minimum Gasteiger partial charge on any atom is -0.387 e. The highest BCUT2D eigenvalue weighted by Crippen LogP contribution is 2.28. The molecule has 1 aromatic rings. The molecule has 18 heavy (non-hydrogen) atoms. The van der Waals surface area contributed by atoms with Gasteiger partial charge in [-0.3, -0.25) is 0 Å². The second-order valence-corrected chi connectivity index (χ2v) is 7.64. The maximum Gasteiger partial charge on any atom is 0.153 e. The Bertz CT molecular complexity index is 550. The highest BCUT2D eigenvalue weighted by Gasteiger charge is 2.33. The third kappa shape index (κ3) is 1.97. The van der Waals surface area contributed by atoms with Crippen LogP contribution in [-0.2, 0) is 22.8 Å². The van der Waals surface area contributed by atoms with Gasteiger partial charge in [0.2, 0.25) is 0 Å². The molecule has 5 nitrogen and oxygen atoms in total. The predicted octanol–water partition coefficient (Wildman–Crippen LogP) is 0.830. The van der Waals surface area contributed by atoms with E-state index in [-0.39, 0.29) is 5.25 Å². The van der Waals surface area contributed by atoms with Gasteiger partial charge in [-0.15, -0.1) is 0 Å². The highest BCUT2D eigenvalue weighted by molar-refractivity contribution is 7.92. The molecule has 0 aromatic carbocycles. The maximum absolute atomic E-state index is 11.8. The summed E-state index contributed by atoms with van der Waals surface area (Å²) in [5.41, 5.74) is 0.839. The summed E-state index contributed by atoms with van der Waals surface area (Å²) in [6.45, 7) is 0.842. The molecular weight excluding hydrogens is 252 g/mol. The Morgan fingerprint density at radius 3 is 2.94 bits per heavy atom. The zero-order valence-corrected chi connectivity index (χ0v) is 11.1. The first-order valence-electron chi connectivity index (χ1n) is 6.52. The first-order chi connectivity index (χ1) is 8.58. The number of rotatable bonds is 2. The molecule has 0 amide bonds. The molecule has 0 saturated carbocycles. The van der Waals surface area contributed by atoms with Gasteiger partial charge in [0.1, 0.15) is 5.82 Å². The van der Waals surface area contributed by atoms with Crippen LogP contribution in [-0.4, -0.2) is 34.1 Å². The van der Waals surface area contributed by atoms with Crippen molar-refractivity contribution in [1.29, 1.82) is 0 Å². The summed E-state index contributed by atoms with van der Waals surface area (Å²) in [6, 6.07) is 0. The van der Waals surface area contributed by atoms with Gasteiger partial charge < -0.3 is 9.67 Å². The number of hydrogen-bond donors (Lipinski definition) is 1. The monoisotopic (exact) mass is 270 g/mol. The molecule has 3 heterocycles. The molecule has 0 aliphatic carbocycles. The summed E-state index contributed by atoms with van der Waals surface area (Å²) in [4.78, 5) is 4.32. The second-order valence-electron chi connectivity index (χ2n) is 5.24. The van der Waals surface area contributed by atoms with E-state index in [1.807, 2.05) is 4.57 Å². The standard InChI is InChI=1S/C12H18N2O3S/c15-11-4-1-5-14-10(11)8-13-12(14)7-9-3-2-6-18(9,16)17/h8-9,11,15H,1-7H2. The van der Waals surface area contributed by atoms with Crippen LogP contribution < -0.4 is 0 Å². The SMILES string of the molecule is O=S1(=O)CCCC1Cc1ncc2n1CCCC2O. The molecule has 0 spiro atoms. The van der Waals surface area contributed by atoms with Gasteiger partial charge in [-0.2, -0.15) is 0 Å². The minimum atomic E-state index is -2.92. The summed E-state index contributed by atoms with van der Waals surface area (Å²) >= 11 is 0. The number of aromatic nitrogens is 2. The fraction of sp³-hybridized carbons (Fsp3) is 0.750. The van der Waals surface area contributed by atoms with Crippen LogP contribution in [0.4, 0.5) is 0 Å². The van der Waals surface area contributed by atoms with E-state index in [4.69, 9.17) is 0 Å². The number of imidazole rings is 1. The third-order valence-corrected chi connectivity index (χ3v) is 6.32. The Kier molecular flexibility index (Phi) is 2.94. The molecule has 0 bridgehead atoms. The van der Waals surface area contributed by atoms with Crippen molar-refractivity contribution in [2.75, 3.05) is 5.75 Å². The van der Waals surface area contributed by atoms with Gasteiger partial charge in [0.05, 0.1) is 29.0 Å².